The molecule has 25 heavy (non-hydrogen) atoms. The molecule has 2 amide bonds. The number of nitrogens with zero attached hydrogens (tertiary/aromatic N) is 2. The molecule has 8 heteroatoms. The second-order valence-corrected chi connectivity index (χ2v) is 6.51. The van der Waals surface area contributed by atoms with Gasteiger partial charge in [0, 0.05) is 30.5 Å². The van der Waals surface area contributed by atoms with Gasteiger partial charge in [-0.25, -0.2) is 0 Å². The number of halogens is 1. The van der Waals surface area contributed by atoms with Crippen LogP contribution in [0.2, 0.25) is 5.02 Å². The molecule has 7 nitrogen and oxygen atoms in total. The van der Waals surface area contributed by atoms with Crippen LogP contribution < -0.4 is 16.0 Å². The summed E-state index contributed by atoms with van der Waals surface area (Å²) in [6, 6.07) is 4.56. The van der Waals surface area contributed by atoms with E-state index in [0.717, 1.165) is 18.4 Å². The van der Waals surface area contributed by atoms with Crippen LogP contribution in [0.5, 0.6) is 0 Å². The predicted molar refractivity (Wildman–Crippen MR) is 95.6 cm³/mol. The average Bonchev–Trinajstić information content (AvgIpc) is 3.29. The quantitative estimate of drug-likeness (QED) is 0.732. The Balaban J connectivity index is 1.75. The van der Waals surface area contributed by atoms with E-state index in [1.807, 2.05) is 0 Å². The zero-order valence-electron chi connectivity index (χ0n) is 14.0. The maximum absolute atomic E-state index is 12.6. The van der Waals surface area contributed by atoms with Crippen molar-refractivity contribution in [2.24, 2.45) is 7.05 Å². The highest BCUT2D eigenvalue weighted by molar-refractivity contribution is 6.34. The molecule has 0 bridgehead atoms. The molecule has 1 aromatic carbocycles. The maximum Gasteiger partial charge on any atom is 0.253 e. The summed E-state index contributed by atoms with van der Waals surface area (Å²) in [7, 11) is 3.49. The van der Waals surface area contributed by atoms with E-state index in [9.17, 15) is 9.59 Å². The van der Waals surface area contributed by atoms with Gasteiger partial charge in [0.25, 0.3) is 5.91 Å². The lowest BCUT2D eigenvalue weighted by atomic mass is 10.1. The third-order valence-corrected chi connectivity index (χ3v) is 4.33. The summed E-state index contributed by atoms with van der Waals surface area (Å²) in [6.07, 6.45) is 5.40. The Bertz CT molecular complexity index is 800. The average molecular weight is 362 g/mol. The minimum Gasteiger partial charge on any atom is -0.349 e. The number of benzene rings is 1. The lowest BCUT2D eigenvalue weighted by Gasteiger charge is -2.15. The fourth-order valence-corrected chi connectivity index (χ4v) is 2.72. The van der Waals surface area contributed by atoms with E-state index in [-0.39, 0.29) is 17.9 Å². The third-order valence-electron chi connectivity index (χ3n) is 4.00. The van der Waals surface area contributed by atoms with Crippen molar-refractivity contribution in [1.82, 2.24) is 20.4 Å². The lowest BCUT2D eigenvalue weighted by Crippen LogP contribution is -2.30. The molecule has 1 heterocycles. The Morgan fingerprint density at radius 3 is 2.72 bits per heavy atom. The van der Waals surface area contributed by atoms with Crippen LogP contribution in [0.25, 0.3) is 0 Å². The van der Waals surface area contributed by atoms with Gasteiger partial charge in [0.05, 0.1) is 16.8 Å². The number of aromatic nitrogens is 2. The van der Waals surface area contributed by atoms with Crippen molar-refractivity contribution in [1.29, 1.82) is 0 Å². The van der Waals surface area contributed by atoms with Gasteiger partial charge in [0.15, 0.2) is 0 Å². The minimum absolute atomic E-state index is 0.221. The van der Waals surface area contributed by atoms with Crippen LogP contribution in [0.1, 0.15) is 34.8 Å². The van der Waals surface area contributed by atoms with E-state index < -0.39 is 6.04 Å². The molecular formula is C17H20ClN5O2. The highest BCUT2D eigenvalue weighted by Gasteiger charge is 2.25. The molecule has 2 aromatic rings. The number of rotatable bonds is 6. The van der Waals surface area contributed by atoms with Crippen LogP contribution >= 0.6 is 11.6 Å². The number of carbonyl (C=O) groups excluding carboxylic acids is 2. The largest absolute Gasteiger partial charge is 0.349 e. The fourth-order valence-electron chi connectivity index (χ4n) is 2.52. The summed E-state index contributed by atoms with van der Waals surface area (Å²) < 4.78 is 1.63. The molecule has 1 fully saturated rings. The second-order valence-electron chi connectivity index (χ2n) is 6.10. The number of anilines is 1. The van der Waals surface area contributed by atoms with E-state index in [1.165, 1.54) is 0 Å². The van der Waals surface area contributed by atoms with Crippen molar-refractivity contribution in [3.05, 3.63) is 46.7 Å². The van der Waals surface area contributed by atoms with Crippen molar-refractivity contribution in [3.63, 3.8) is 0 Å². The first-order valence-corrected chi connectivity index (χ1v) is 8.43. The Morgan fingerprint density at radius 2 is 2.12 bits per heavy atom. The number of hydrogen-bond donors (Lipinski definition) is 3. The molecule has 132 valence electrons. The van der Waals surface area contributed by atoms with E-state index in [4.69, 9.17) is 11.6 Å². The summed E-state index contributed by atoms with van der Waals surface area (Å²) in [5.74, 6) is -0.465. The fraction of sp³-hybridized carbons (Fsp3) is 0.353. The Kier molecular flexibility index (Phi) is 5.06. The molecule has 0 aliphatic heterocycles. The molecule has 0 spiro atoms. The highest BCUT2D eigenvalue weighted by Crippen LogP contribution is 2.24. The Morgan fingerprint density at radius 1 is 1.36 bits per heavy atom. The topological polar surface area (TPSA) is 88.1 Å². The van der Waals surface area contributed by atoms with Crippen LogP contribution in [0.15, 0.2) is 30.6 Å². The van der Waals surface area contributed by atoms with Gasteiger partial charge in [-0.3, -0.25) is 14.3 Å². The maximum atomic E-state index is 12.6. The van der Waals surface area contributed by atoms with Gasteiger partial charge in [-0.15, -0.1) is 0 Å². The molecule has 1 aliphatic rings. The van der Waals surface area contributed by atoms with Gasteiger partial charge in [-0.2, -0.15) is 5.10 Å². The summed E-state index contributed by atoms with van der Waals surface area (Å²) in [4.78, 5) is 24.8. The molecule has 1 atom stereocenters. The van der Waals surface area contributed by atoms with Crippen LogP contribution in [0.3, 0.4) is 0 Å². The molecule has 0 saturated heterocycles. The van der Waals surface area contributed by atoms with Crippen LogP contribution in [0.4, 0.5) is 5.69 Å². The van der Waals surface area contributed by atoms with Crippen molar-refractivity contribution in [2.75, 3.05) is 12.4 Å². The van der Waals surface area contributed by atoms with Crippen molar-refractivity contribution in [2.45, 2.75) is 24.9 Å². The van der Waals surface area contributed by atoms with Gasteiger partial charge in [-0.05, 0) is 38.1 Å². The molecule has 3 N–H and O–H groups in total. The standard InChI is InChI=1S/C17H20ClN5O2/c1-19-15(10-8-20-23(2)9-10)17(25)22-12-5-6-14(18)13(7-12)16(24)21-11-3-4-11/h5-9,11,15,19H,3-4H2,1-2H3,(H,21,24)(H,22,25). The van der Waals surface area contributed by atoms with E-state index in [1.54, 1.807) is 49.4 Å². The van der Waals surface area contributed by atoms with Gasteiger partial charge in [0.1, 0.15) is 6.04 Å². The van der Waals surface area contributed by atoms with Crippen molar-refractivity contribution in [3.8, 4) is 0 Å². The lowest BCUT2D eigenvalue weighted by molar-refractivity contribution is -0.118. The molecule has 1 unspecified atom stereocenters. The highest BCUT2D eigenvalue weighted by atomic mass is 35.5. The van der Waals surface area contributed by atoms with Gasteiger partial charge < -0.3 is 16.0 Å². The van der Waals surface area contributed by atoms with Gasteiger partial charge in [-0.1, -0.05) is 11.6 Å². The first kappa shape index (κ1) is 17.4. The summed E-state index contributed by atoms with van der Waals surface area (Å²) in [5, 5.41) is 13.1. The molecule has 1 aromatic heterocycles. The van der Waals surface area contributed by atoms with Crippen LogP contribution in [-0.4, -0.2) is 34.7 Å². The van der Waals surface area contributed by atoms with Crippen LogP contribution in [-0.2, 0) is 11.8 Å². The van der Waals surface area contributed by atoms with Crippen LogP contribution in [0, 0.1) is 0 Å². The molecular weight excluding hydrogens is 342 g/mol. The smallest absolute Gasteiger partial charge is 0.253 e. The SMILES string of the molecule is CNC(C(=O)Nc1ccc(Cl)c(C(=O)NC2CC2)c1)c1cnn(C)c1. The van der Waals surface area contributed by atoms with E-state index >= 15 is 0 Å². The number of nitrogens with one attached hydrogen (secondary N) is 3. The van der Waals surface area contributed by atoms with Crippen molar-refractivity contribution < 1.29 is 9.59 Å². The van der Waals surface area contributed by atoms with E-state index in [0.29, 0.717) is 16.3 Å². The van der Waals surface area contributed by atoms with Gasteiger partial charge >= 0.3 is 0 Å². The summed E-state index contributed by atoms with van der Waals surface area (Å²) in [5.41, 5.74) is 1.62. The normalized spacial score (nSPS) is 14.8. The predicted octanol–water partition coefficient (Wildman–Crippen LogP) is 1.86. The number of hydrogen-bond acceptors (Lipinski definition) is 4. The number of carbonyl (C=O) groups is 2. The summed E-state index contributed by atoms with van der Waals surface area (Å²) in [6.45, 7) is 0. The monoisotopic (exact) mass is 361 g/mol. The molecule has 1 aliphatic carbocycles. The number of aryl methyl sites for hydroxylation is 1. The van der Waals surface area contributed by atoms with E-state index in [2.05, 4.69) is 21.0 Å². The first-order chi connectivity index (χ1) is 12.0. The Labute approximate surface area is 150 Å². The zero-order valence-corrected chi connectivity index (χ0v) is 14.8. The molecule has 0 radical (unpaired) electrons. The number of likely N-dealkylation sites (N-methyl/N-ethyl adjacent to an activating group) is 1. The zero-order chi connectivity index (χ0) is 18.0. The van der Waals surface area contributed by atoms with Crippen molar-refractivity contribution >= 4 is 29.1 Å². The molecule has 3 rings (SSSR count). The minimum atomic E-state index is -0.548. The first-order valence-electron chi connectivity index (χ1n) is 8.05. The third kappa shape index (κ3) is 4.18. The summed E-state index contributed by atoms with van der Waals surface area (Å²) >= 11 is 6.12. The van der Waals surface area contributed by atoms with Gasteiger partial charge in [0.2, 0.25) is 5.91 Å². The second kappa shape index (κ2) is 7.25. The Hall–Kier alpha value is -2.38. The molecule has 1 saturated carbocycles. The number of amides is 2.